The molecule has 1 fully saturated rings. The van der Waals surface area contributed by atoms with Gasteiger partial charge >= 0.3 is 5.97 Å². The second-order valence-corrected chi connectivity index (χ2v) is 5.86. The number of hydrogen-bond donors (Lipinski definition) is 1. The summed E-state index contributed by atoms with van der Waals surface area (Å²) >= 11 is 0. The number of piperidine rings is 1. The number of amides is 1. The van der Waals surface area contributed by atoms with Crippen molar-refractivity contribution in [3.05, 3.63) is 0 Å². The molecule has 1 N–H and O–H groups in total. The Labute approximate surface area is 122 Å². The van der Waals surface area contributed by atoms with Gasteiger partial charge < -0.3 is 10.1 Å². The maximum Gasteiger partial charge on any atom is 0.310 e. The summed E-state index contributed by atoms with van der Waals surface area (Å²) in [5.41, 5.74) is 0. The molecule has 1 aliphatic rings. The summed E-state index contributed by atoms with van der Waals surface area (Å²) in [4.78, 5) is 25.6. The summed E-state index contributed by atoms with van der Waals surface area (Å²) in [6.07, 6.45) is 2.81. The molecule has 0 aliphatic carbocycles. The minimum Gasteiger partial charge on any atom is -0.466 e. The molecule has 0 unspecified atom stereocenters. The van der Waals surface area contributed by atoms with Crippen LogP contribution < -0.4 is 5.32 Å². The van der Waals surface area contributed by atoms with E-state index in [9.17, 15) is 9.59 Å². The van der Waals surface area contributed by atoms with Crippen LogP contribution in [0.2, 0.25) is 0 Å². The van der Waals surface area contributed by atoms with Gasteiger partial charge in [0.15, 0.2) is 0 Å². The number of ether oxygens (including phenoxy) is 1. The summed E-state index contributed by atoms with van der Waals surface area (Å²) in [5.74, 6) is 0.443. The van der Waals surface area contributed by atoms with Crippen molar-refractivity contribution in [1.82, 2.24) is 10.2 Å². The van der Waals surface area contributed by atoms with Crippen LogP contribution in [0.25, 0.3) is 0 Å². The second kappa shape index (κ2) is 8.95. The fourth-order valence-corrected chi connectivity index (χ4v) is 2.41. The minimum absolute atomic E-state index is 0.0511. The molecule has 1 amide bonds. The van der Waals surface area contributed by atoms with E-state index in [-0.39, 0.29) is 17.8 Å². The Morgan fingerprint density at radius 3 is 2.80 bits per heavy atom. The van der Waals surface area contributed by atoms with E-state index >= 15 is 0 Å². The highest BCUT2D eigenvalue weighted by Gasteiger charge is 2.27. The molecule has 0 aromatic rings. The first kappa shape index (κ1) is 17.0. The molecule has 1 aliphatic heterocycles. The van der Waals surface area contributed by atoms with Crippen molar-refractivity contribution < 1.29 is 14.3 Å². The molecule has 5 nitrogen and oxygen atoms in total. The van der Waals surface area contributed by atoms with Crippen LogP contribution in [0, 0.1) is 11.8 Å². The molecule has 1 atom stereocenters. The van der Waals surface area contributed by atoms with E-state index in [1.165, 1.54) is 0 Å². The van der Waals surface area contributed by atoms with Crippen LogP contribution in [0.3, 0.4) is 0 Å². The van der Waals surface area contributed by atoms with E-state index in [2.05, 4.69) is 24.1 Å². The van der Waals surface area contributed by atoms with Gasteiger partial charge in [0.05, 0.1) is 19.1 Å². The van der Waals surface area contributed by atoms with Crippen LogP contribution in [0.1, 0.15) is 40.0 Å². The Kier molecular flexibility index (Phi) is 7.59. The van der Waals surface area contributed by atoms with Crippen LogP contribution >= 0.6 is 0 Å². The molecule has 0 radical (unpaired) electrons. The third kappa shape index (κ3) is 6.37. The fraction of sp³-hybridized carbons (Fsp3) is 0.867. The monoisotopic (exact) mass is 284 g/mol. The lowest BCUT2D eigenvalue weighted by molar-refractivity contribution is -0.150. The topological polar surface area (TPSA) is 58.6 Å². The standard InChI is InChI=1S/C15H28N2O3/c1-4-20-15(19)13-6-5-9-17(10-13)11-14(18)16-8-7-12(2)3/h12-13H,4-11H2,1-3H3,(H,16,18)/t13-/m0/s1. The SMILES string of the molecule is CCOC(=O)[C@H]1CCCN(CC(=O)NCCC(C)C)C1. The van der Waals surface area contributed by atoms with Crippen LogP contribution in [0.15, 0.2) is 0 Å². The fourth-order valence-electron chi connectivity index (χ4n) is 2.41. The van der Waals surface area contributed by atoms with Crippen molar-refractivity contribution in [3.8, 4) is 0 Å². The second-order valence-electron chi connectivity index (χ2n) is 5.86. The minimum atomic E-state index is -0.127. The third-order valence-corrected chi connectivity index (χ3v) is 3.54. The predicted octanol–water partition coefficient (Wildman–Crippen LogP) is 1.42. The first-order valence-electron chi connectivity index (χ1n) is 7.68. The number of nitrogens with one attached hydrogen (secondary N) is 1. The van der Waals surface area contributed by atoms with E-state index in [0.29, 0.717) is 25.6 Å². The van der Waals surface area contributed by atoms with Crippen molar-refractivity contribution >= 4 is 11.9 Å². The van der Waals surface area contributed by atoms with Crippen molar-refractivity contribution in [2.24, 2.45) is 11.8 Å². The van der Waals surface area contributed by atoms with Gasteiger partial charge in [-0.3, -0.25) is 14.5 Å². The molecule has 1 rings (SSSR count). The van der Waals surface area contributed by atoms with Crippen molar-refractivity contribution in [2.75, 3.05) is 32.8 Å². The average molecular weight is 284 g/mol. The number of likely N-dealkylation sites (tertiary alicyclic amines) is 1. The van der Waals surface area contributed by atoms with Gasteiger partial charge in [-0.15, -0.1) is 0 Å². The summed E-state index contributed by atoms with van der Waals surface area (Å²) in [6.45, 7) is 9.15. The maximum absolute atomic E-state index is 11.8. The predicted molar refractivity (Wildman–Crippen MR) is 78.3 cm³/mol. The number of esters is 1. The number of carbonyl (C=O) groups excluding carboxylic acids is 2. The van der Waals surface area contributed by atoms with Gasteiger partial charge in [0.2, 0.25) is 5.91 Å². The lowest BCUT2D eigenvalue weighted by Gasteiger charge is -2.30. The summed E-state index contributed by atoms with van der Waals surface area (Å²) in [5, 5.41) is 2.93. The maximum atomic E-state index is 11.8. The molecular formula is C15H28N2O3. The van der Waals surface area contributed by atoms with Crippen molar-refractivity contribution in [1.29, 1.82) is 0 Å². The van der Waals surface area contributed by atoms with Gasteiger partial charge in [0, 0.05) is 13.1 Å². The quantitative estimate of drug-likeness (QED) is 0.718. The van der Waals surface area contributed by atoms with Gasteiger partial charge in [0.25, 0.3) is 0 Å². The number of hydrogen-bond acceptors (Lipinski definition) is 4. The largest absolute Gasteiger partial charge is 0.466 e. The highest BCUT2D eigenvalue weighted by Crippen LogP contribution is 2.17. The van der Waals surface area contributed by atoms with E-state index in [1.54, 1.807) is 0 Å². The van der Waals surface area contributed by atoms with E-state index in [1.807, 2.05) is 6.92 Å². The van der Waals surface area contributed by atoms with E-state index in [4.69, 9.17) is 4.74 Å². The van der Waals surface area contributed by atoms with Crippen LogP contribution in [0.5, 0.6) is 0 Å². The summed E-state index contributed by atoms with van der Waals surface area (Å²) in [7, 11) is 0. The molecule has 20 heavy (non-hydrogen) atoms. The molecule has 0 bridgehead atoms. The zero-order valence-electron chi connectivity index (χ0n) is 13.0. The van der Waals surface area contributed by atoms with E-state index < -0.39 is 0 Å². The number of nitrogens with zero attached hydrogens (tertiary/aromatic N) is 1. The third-order valence-electron chi connectivity index (χ3n) is 3.54. The number of carbonyl (C=O) groups is 2. The van der Waals surface area contributed by atoms with Crippen molar-refractivity contribution in [2.45, 2.75) is 40.0 Å². The number of rotatable bonds is 7. The lowest BCUT2D eigenvalue weighted by atomic mass is 9.98. The molecule has 0 saturated carbocycles. The molecule has 5 heteroatoms. The Bertz CT molecular complexity index is 318. The van der Waals surface area contributed by atoms with Crippen molar-refractivity contribution in [3.63, 3.8) is 0 Å². The van der Waals surface area contributed by atoms with Crippen LogP contribution in [0.4, 0.5) is 0 Å². The summed E-state index contributed by atoms with van der Waals surface area (Å²) in [6, 6.07) is 0. The first-order valence-corrected chi connectivity index (χ1v) is 7.68. The molecule has 1 heterocycles. The molecular weight excluding hydrogens is 256 g/mol. The lowest BCUT2D eigenvalue weighted by Crippen LogP contribution is -2.44. The van der Waals surface area contributed by atoms with Crippen LogP contribution in [-0.2, 0) is 14.3 Å². The van der Waals surface area contributed by atoms with Gasteiger partial charge in [-0.05, 0) is 38.6 Å². The highest BCUT2D eigenvalue weighted by atomic mass is 16.5. The first-order chi connectivity index (χ1) is 9.52. The zero-order chi connectivity index (χ0) is 15.0. The Balaban J connectivity index is 2.29. The zero-order valence-corrected chi connectivity index (χ0v) is 13.0. The molecule has 0 aromatic carbocycles. The molecule has 1 saturated heterocycles. The summed E-state index contributed by atoms with van der Waals surface area (Å²) < 4.78 is 5.06. The average Bonchev–Trinajstić information content (AvgIpc) is 2.38. The molecule has 116 valence electrons. The Morgan fingerprint density at radius 1 is 1.40 bits per heavy atom. The van der Waals surface area contributed by atoms with Gasteiger partial charge in [-0.2, -0.15) is 0 Å². The molecule has 0 aromatic heterocycles. The Morgan fingerprint density at radius 2 is 2.15 bits per heavy atom. The van der Waals surface area contributed by atoms with Gasteiger partial charge in [-0.1, -0.05) is 13.8 Å². The normalized spacial score (nSPS) is 19.9. The highest BCUT2D eigenvalue weighted by molar-refractivity contribution is 5.78. The van der Waals surface area contributed by atoms with Gasteiger partial charge in [0.1, 0.15) is 0 Å². The van der Waals surface area contributed by atoms with Gasteiger partial charge in [-0.25, -0.2) is 0 Å². The molecule has 0 spiro atoms. The Hall–Kier alpha value is -1.10. The smallest absolute Gasteiger partial charge is 0.310 e. The van der Waals surface area contributed by atoms with Crippen LogP contribution in [-0.4, -0.2) is 49.6 Å². The van der Waals surface area contributed by atoms with E-state index in [0.717, 1.165) is 32.4 Å².